The van der Waals surface area contributed by atoms with Crippen LogP contribution < -0.4 is 9.47 Å². The van der Waals surface area contributed by atoms with Crippen molar-refractivity contribution < 1.29 is 136 Å². The van der Waals surface area contributed by atoms with Gasteiger partial charge in [-0.1, -0.05) is 54.6 Å². The van der Waals surface area contributed by atoms with E-state index in [0.717, 1.165) is 52.6 Å². The van der Waals surface area contributed by atoms with E-state index in [2.05, 4.69) is 0 Å². The van der Waals surface area contributed by atoms with Gasteiger partial charge in [-0.15, -0.1) is 0 Å². The number of phenolic OH excluding ortho intramolecular Hbond substituents is 16. The molecule has 12 rings (SSSR count). The van der Waals surface area contributed by atoms with Gasteiger partial charge in [0.05, 0.1) is 23.8 Å². The third-order valence-corrected chi connectivity index (χ3v) is 17.2. The average molecular weight is 1420 g/mol. The molecule has 103 heavy (non-hydrogen) atoms. The van der Waals surface area contributed by atoms with Crippen molar-refractivity contribution in [1.82, 2.24) is 0 Å². The summed E-state index contributed by atoms with van der Waals surface area (Å²) in [5.41, 5.74) is 5.71. The van der Waals surface area contributed by atoms with Crippen molar-refractivity contribution in [3.63, 3.8) is 0 Å². The standard InChI is InChI=1S/C23H20O10.C22H26O10.C16H16O5.C15H14O2/c1-9-2-11(5-15(26)20(9)29)23(31)33-19-8-13-14(25)6-12(24)7-18(13)32-22(19)10-3-16(27)21(30)17(28)4-10;1-9-2-3-10(6-12(9)25)4-5-11(24)16-13(26)7-14(27)17(19(16)29)22-21(31)20(30)18(28)15(8-23)32-22;1-8-2-3-9(4-12(8)18)16-14(20)7-11-13(19)5-10(17)6-15(11)21-16;1-11-8-13(10-15(17)9-11)3-2-12-4-6-14(16)7-5-12/h2-7,19,22,24-30H,8H2,1H3;2-3,6-7,15,18,20-23,25-31H,4-5,8H2,1H3;2-6,14,16-20H,7H2,1H3;2-10,16-17H,1H3/b;;;3-2+/t19-,22-;;14-,16?;/m1.0./s1. The summed E-state index contributed by atoms with van der Waals surface area (Å²) in [7, 11) is 0. The Kier molecular flexibility index (Phi) is 23.1. The highest BCUT2D eigenvalue weighted by atomic mass is 16.6. The number of carbonyl (C=O) groups is 2. The highest BCUT2D eigenvalue weighted by Gasteiger charge is 2.47. The fraction of sp³-hybridized carbons (Fsp3) is 0.237. The number of hydrogen-bond donors (Lipinski definition) is 21. The Morgan fingerprint density at radius 2 is 1.02 bits per heavy atom. The van der Waals surface area contributed by atoms with Crippen molar-refractivity contribution in [1.29, 1.82) is 0 Å². The van der Waals surface area contributed by atoms with Gasteiger partial charge in [0.15, 0.2) is 40.6 Å². The van der Waals surface area contributed by atoms with Crippen molar-refractivity contribution in [3.05, 3.63) is 211 Å². The summed E-state index contributed by atoms with van der Waals surface area (Å²) in [4.78, 5) is 25.6. The van der Waals surface area contributed by atoms with E-state index in [9.17, 15) is 112 Å². The molecule has 27 heteroatoms. The van der Waals surface area contributed by atoms with Crippen molar-refractivity contribution in [3.8, 4) is 103 Å². The summed E-state index contributed by atoms with van der Waals surface area (Å²) in [6, 6.07) is 32.7. The summed E-state index contributed by atoms with van der Waals surface area (Å²) in [6.07, 6.45) is -7.85. The number of rotatable bonds is 12. The average Bonchev–Trinajstić information content (AvgIpc) is 0.773. The number of benzene rings is 9. The van der Waals surface area contributed by atoms with Crippen molar-refractivity contribution in [2.24, 2.45) is 0 Å². The largest absolute Gasteiger partial charge is 0.508 e. The lowest BCUT2D eigenvalue weighted by Crippen LogP contribution is -2.55. The zero-order valence-corrected chi connectivity index (χ0v) is 55.4. The van der Waals surface area contributed by atoms with Crippen LogP contribution in [0.1, 0.15) is 112 Å². The van der Waals surface area contributed by atoms with Crippen molar-refractivity contribution in [2.75, 3.05) is 6.61 Å². The lowest BCUT2D eigenvalue weighted by Gasteiger charge is -2.40. The first kappa shape index (κ1) is 75.2. The molecule has 3 heterocycles. The molecule has 21 N–H and O–H groups in total. The molecule has 9 atom stereocenters. The second-order valence-corrected chi connectivity index (χ2v) is 24.9. The summed E-state index contributed by atoms with van der Waals surface area (Å²) >= 11 is 0. The van der Waals surface area contributed by atoms with Gasteiger partial charge in [-0.25, -0.2) is 4.79 Å². The van der Waals surface area contributed by atoms with Crippen molar-refractivity contribution >= 4 is 23.9 Å². The minimum Gasteiger partial charge on any atom is -0.508 e. The number of carbonyl (C=O) groups excluding carboxylic acids is 2. The molecule has 27 nitrogen and oxygen atoms in total. The van der Waals surface area contributed by atoms with E-state index in [0.29, 0.717) is 28.0 Å². The molecule has 542 valence electrons. The fourth-order valence-corrected chi connectivity index (χ4v) is 11.7. The molecule has 0 saturated carbocycles. The SMILES string of the molecule is Cc1cc(C(=O)O[C@@H]2Cc3c(O)cc(O)cc3O[C@@H]2c2cc(O)c(O)c(O)c2)cc(O)c1O.Cc1cc(O)cc(/C=C/c2ccc(O)cc2)c1.Cc1ccc(C2Oc3cc(O)cc(O)c3C[C@@H]2O)cc1O.Cc1ccc(CCC(=O)c2c(O)cc(O)c(C3OC(CO)C(O)C(O)C3O)c2O)cc1O. The van der Waals surface area contributed by atoms with Gasteiger partial charge in [0.1, 0.15) is 123 Å². The molecule has 3 aliphatic rings. The number of hydrogen-bond acceptors (Lipinski definition) is 27. The molecular formula is C76H76O27. The molecule has 9 aromatic carbocycles. The Morgan fingerprint density at radius 1 is 0.456 bits per heavy atom. The van der Waals surface area contributed by atoms with Crippen LogP contribution >= 0.6 is 0 Å². The number of esters is 1. The molecule has 1 saturated heterocycles. The van der Waals surface area contributed by atoms with Crippen LogP contribution in [0, 0.1) is 27.7 Å². The normalized spacial score (nSPS) is 19.4. The van der Waals surface area contributed by atoms with Crippen LogP contribution in [0.4, 0.5) is 0 Å². The number of aromatic hydroxyl groups is 16. The zero-order chi connectivity index (χ0) is 75.2. The molecule has 0 radical (unpaired) electrons. The van der Waals surface area contributed by atoms with Crippen molar-refractivity contribution in [2.45, 2.75) is 108 Å². The Morgan fingerprint density at radius 3 is 1.61 bits per heavy atom. The monoisotopic (exact) mass is 1420 g/mol. The maximum absolute atomic E-state index is 12.8. The molecule has 0 amide bonds. The van der Waals surface area contributed by atoms with Gasteiger partial charge in [0.2, 0.25) is 0 Å². The highest BCUT2D eigenvalue weighted by Crippen LogP contribution is 2.49. The molecule has 3 aliphatic heterocycles. The topological polar surface area (TPSA) is 496 Å². The molecular weight excluding hydrogens is 1340 g/mol. The van der Waals surface area contributed by atoms with Gasteiger partial charge in [-0.3, -0.25) is 4.79 Å². The Bertz CT molecular complexity index is 4580. The number of aryl methyl sites for hydroxylation is 5. The molecule has 0 aromatic heterocycles. The minimum atomic E-state index is -1.81. The van der Waals surface area contributed by atoms with Gasteiger partial charge >= 0.3 is 5.97 Å². The van der Waals surface area contributed by atoms with Crippen LogP contribution in [0.25, 0.3) is 12.2 Å². The van der Waals surface area contributed by atoms with Gasteiger partial charge in [0, 0.05) is 66.3 Å². The lowest BCUT2D eigenvalue weighted by atomic mass is 9.88. The summed E-state index contributed by atoms with van der Waals surface area (Å²) in [5, 5.41) is 208. The van der Waals surface area contributed by atoms with E-state index < -0.39 is 125 Å². The zero-order valence-electron chi connectivity index (χ0n) is 55.4. The van der Waals surface area contributed by atoms with E-state index in [1.54, 1.807) is 68.4 Å². The van der Waals surface area contributed by atoms with Crippen LogP contribution in [0.3, 0.4) is 0 Å². The number of fused-ring (bicyclic) bond motifs is 2. The van der Waals surface area contributed by atoms with Gasteiger partial charge in [-0.05, 0) is 139 Å². The summed E-state index contributed by atoms with van der Waals surface area (Å²) in [6.45, 7) is 6.20. The van der Waals surface area contributed by atoms with E-state index >= 15 is 0 Å². The number of phenols is 16. The first-order valence-electron chi connectivity index (χ1n) is 31.8. The fourth-order valence-electron chi connectivity index (χ4n) is 11.7. The molecule has 0 spiro atoms. The van der Waals surface area contributed by atoms with Crippen LogP contribution in [0.2, 0.25) is 0 Å². The molecule has 6 unspecified atom stereocenters. The summed E-state index contributed by atoms with van der Waals surface area (Å²) < 4.78 is 22.5. The molecule has 0 bridgehead atoms. The van der Waals surface area contributed by atoms with E-state index in [1.807, 2.05) is 37.3 Å². The van der Waals surface area contributed by atoms with Gasteiger partial charge < -0.3 is 126 Å². The maximum atomic E-state index is 12.8. The van der Waals surface area contributed by atoms with E-state index in [-0.39, 0.29) is 105 Å². The third-order valence-electron chi connectivity index (χ3n) is 17.2. The number of ketones is 1. The van der Waals surface area contributed by atoms with Gasteiger partial charge in [0.25, 0.3) is 0 Å². The van der Waals surface area contributed by atoms with Gasteiger partial charge in [-0.2, -0.15) is 0 Å². The Balaban J connectivity index is 0.000000165. The van der Waals surface area contributed by atoms with E-state index in [1.165, 1.54) is 37.3 Å². The number of aliphatic hydroxyl groups is 5. The smallest absolute Gasteiger partial charge is 0.338 e. The second-order valence-electron chi connectivity index (χ2n) is 24.9. The maximum Gasteiger partial charge on any atom is 0.338 e. The Hall–Kier alpha value is -12.0. The Labute approximate surface area is 587 Å². The van der Waals surface area contributed by atoms with Crippen LogP contribution in [0.5, 0.6) is 103 Å². The second kappa shape index (κ2) is 31.7. The number of Topliss-reactive ketones (excluding diaryl/α,β-unsaturated/α-hetero) is 1. The highest BCUT2D eigenvalue weighted by molar-refractivity contribution is 6.02. The van der Waals surface area contributed by atoms with E-state index in [4.69, 9.17) is 24.1 Å². The lowest BCUT2D eigenvalue weighted by molar-refractivity contribution is -0.232. The predicted octanol–water partition coefficient (Wildman–Crippen LogP) is 8.71. The molecule has 0 aliphatic carbocycles. The molecule has 1 fully saturated rings. The quantitative estimate of drug-likeness (QED) is 0.0235. The first-order valence-corrected chi connectivity index (χ1v) is 31.8. The van der Waals surface area contributed by atoms with Crippen LogP contribution in [-0.4, -0.2) is 162 Å². The first-order chi connectivity index (χ1) is 48.7. The van der Waals surface area contributed by atoms with Crippen LogP contribution in [-0.2, 0) is 28.7 Å². The number of ether oxygens (including phenoxy) is 4. The van der Waals surface area contributed by atoms with Crippen LogP contribution in [0.15, 0.2) is 133 Å². The third kappa shape index (κ3) is 17.4. The summed E-state index contributed by atoms with van der Waals surface area (Å²) in [5.74, 6) is -6.35. The minimum absolute atomic E-state index is 0.0568. The molecule has 9 aromatic rings. The number of aliphatic hydroxyl groups excluding tert-OH is 5. The predicted molar refractivity (Wildman–Crippen MR) is 367 cm³/mol.